The van der Waals surface area contributed by atoms with Gasteiger partial charge in [-0.3, -0.25) is 4.79 Å². The first-order valence-corrected chi connectivity index (χ1v) is 9.42. The van der Waals surface area contributed by atoms with Crippen molar-refractivity contribution >= 4 is 50.2 Å². The summed E-state index contributed by atoms with van der Waals surface area (Å²) in [7, 11) is 0. The van der Waals surface area contributed by atoms with Gasteiger partial charge in [0.05, 0.1) is 15.8 Å². The lowest BCUT2D eigenvalue weighted by Crippen LogP contribution is -2.24. The average molecular weight is 401 g/mol. The third-order valence-electron chi connectivity index (χ3n) is 3.61. The third-order valence-corrected chi connectivity index (χ3v) is 5.44. The Morgan fingerprint density at radius 1 is 1.12 bits per heavy atom. The minimum Gasteiger partial charge on any atom is -0.325 e. The largest absolute Gasteiger partial charge is 0.325 e. The summed E-state index contributed by atoms with van der Waals surface area (Å²) in [6.45, 7) is 2.01. The van der Waals surface area contributed by atoms with Crippen molar-refractivity contribution in [1.29, 1.82) is 0 Å². The maximum Gasteiger partial charge on any atom is 0.237 e. The molecule has 0 saturated heterocycles. The second-order valence-corrected chi connectivity index (χ2v) is 7.49. The molecule has 0 radical (unpaired) electrons. The smallest absolute Gasteiger partial charge is 0.237 e. The maximum atomic E-state index is 12.5. The second-order valence-electron chi connectivity index (χ2n) is 5.35. The second kappa shape index (κ2) is 7.81. The Balaban J connectivity index is 1.72. The molecule has 0 fully saturated rings. The van der Waals surface area contributed by atoms with E-state index in [4.69, 9.17) is 0 Å². The Morgan fingerprint density at radius 3 is 2.62 bits per heavy atom. The number of pyridine rings is 1. The van der Waals surface area contributed by atoms with Gasteiger partial charge in [0.1, 0.15) is 0 Å². The molecule has 1 aromatic heterocycles. The highest BCUT2D eigenvalue weighted by molar-refractivity contribution is 9.10. The molecule has 24 heavy (non-hydrogen) atoms. The molecule has 0 spiro atoms. The standard InChI is InChI=1S/C19H17BrN2OS/c1-2-17(19(23)21-15-10-8-14(20)9-11-15)24-18-12-7-13-5-3-4-6-16(13)22-18/h3-12,17H,2H2,1H3,(H,21,23). The maximum absolute atomic E-state index is 12.5. The Kier molecular flexibility index (Phi) is 5.53. The van der Waals surface area contributed by atoms with Gasteiger partial charge < -0.3 is 5.32 Å². The van der Waals surface area contributed by atoms with Gasteiger partial charge >= 0.3 is 0 Å². The molecule has 1 heterocycles. The van der Waals surface area contributed by atoms with Crippen LogP contribution in [0.25, 0.3) is 10.9 Å². The van der Waals surface area contributed by atoms with Crippen LogP contribution in [0.2, 0.25) is 0 Å². The predicted octanol–water partition coefficient (Wildman–Crippen LogP) is 5.51. The quantitative estimate of drug-likeness (QED) is 0.574. The first kappa shape index (κ1) is 17.0. The zero-order valence-corrected chi connectivity index (χ0v) is 15.6. The summed E-state index contributed by atoms with van der Waals surface area (Å²) < 4.78 is 0.988. The van der Waals surface area contributed by atoms with Gasteiger partial charge in [0.25, 0.3) is 0 Å². The molecule has 0 aliphatic rings. The molecule has 1 unspecified atom stereocenters. The highest BCUT2D eigenvalue weighted by atomic mass is 79.9. The van der Waals surface area contributed by atoms with Crippen LogP contribution in [0.4, 0.5) is 5.69 Å². The minimum atomic E-state index is -0.178. The first-order chi connectivity index (χ1) is 11.7. The van der Waals surface area contributed by atoms with Crippen LogP contribution < -0.4 is 5.32 Å². The van der Waals surface area contributed by atoms with Gasteiger partial charge in [0, 0.05) is 15.5 Å². The van der Waals surface area contributed by atoms with Crippen LogP contribution in [0, 0.1) is 0 Å². The number of fused-ring (bicyclic) bond motifs is 1. The summed E-state index contributed by atoms with van der Waals surface area (Å²) >= 11 is 4.89. The lowest BCUT2D eigenvalue weighted by molar-refractivity contribution is -0.115. The topological polar surface area (TPSA) is 42.0 Å². The van der Waals surface area contributed by atoms with Crippen LogP contribution in [0.5, 0.6) is 0 Å². The van der Waals surface area contributed by atoms with E-state index in [9.17, 15) is 4.79 Å². The number of nitrogens with one attached hydrogen (secondary N) is 1. The molecule has 0 aliphatic carbocycles. The lowest BCUT2D eigenvalue weighted by atomic mass is 10.2. The van der Waals surface area contributed by atoms with Crippen molar-refractivity contribution in [3.05, 3.63) is 65.1 Å². The Hall–Kier alpha value is -1.85. The van der Waals surface area contributed by atoms with Gasteiger partial charge in [-0.15, -0.1) is 0 Å². The highest BCUT2D eigenvalue weighted by Gasteiger charge is 2.19. The van der Waals surface area contributed by atoms with Crippen molar-refractivity contribution in [2.75, 3.05) is 5.32 Å². The van der Waals surface area contributed by atoms with Gasteiger partial charge in [-0.2, -0.15) is 0 Å². The first-order valence-electron chi connectivity index (χ1n) is 7.74. The molecule has 1 atom stereocenters. The Labute approximate surface area is 154 Å². The number of rotatable bonds is 5. The fourth-order valence-corrected chi connectivity index (χ4v) is 3.52. The number of nitrogens with zero attached hydrogens (tertiary/aromatic N) is 1. The lowest BCUT2D eigenvalue weighted by Gasteiger charge is -2.14. The molecule has 0 saturated carbocycles. The zero-order chi connectivity index (χ0) is 16.9. The zero-order valence-electron chi connectivity index (χ0n) is 13.2. The SMILES string of the molecule is CCC(Sc1ccc2ccccc2n1)C(=O)Nc1ccc(Br)cc1. The summed E-state index contributed by atoms with van der Waals surface area (Å²) in [4.78, 5) is 17.2. The van der Waals surface area contributed by atoms with E-state index >= 15 is 0 Å². The summed E-state index contributed by atoms with van der Waals surface area (Å²) in [5.74, 6) is -0.000203. The number of halogens is 1. The number of aromatic nitrogens is 1. The van der Waals surface area contributed by atoms with Crippen molar-refractivity contribution < 1.29 is 4.79 Å². The Morgan fingerprint density at radius 2 is 1.88 bits per heavy atom. The number of hydrogen-bond acceptors (Lipinski definition) is 3. The molecule has 122 valence electrons. The summed E-state index contributed by atoms with van der Waals surface area (Å²) in [5, 5.41) is 4.76. The van der Waals surface area contributed by atoms with Gasteiger partial charge in [0.2, 0.25) is 5.91 Å². The van der Waals surface area contributed by atoms with Crippen LogP contribution in [0.3, 0.4) is 0 Å². The fraction of sp³-hybridized carbons (Fsp3) is 0.158. The number of hydrogen-bond donors (Lipinski definition) is 1. The van der Waals surface area contributed by atoms with E-state index in [2.05, 4.69) is 26.2 Å². The monoisotopic (exact) mass is 400 g/mol. The van der Waals surface area contributed by atoms with Crippen LogP contribution in [-0.2, 0) is 4.79 Å². The van der Waals surface area contributed by atoms with E-state index in [-0.39, 0.29) is 11.2 Å². The molecule has 0 bridgehead atoms. The van der Waals surface area contributed by atoms with Gasteiger partial charge in [-0.1, -0.05) is 58.9 Å². The molecule has 3 aromatic rings. The number of carbonyl (C=O) groups is 1. The number of carbonyl (C=O) groups excluding carboxylic acids is 1. The van der Waals surface area contributed by atoms with E-state index in [1.807, 2.05) is 67.6 Å². The van der Waals surface area contributed by atoms with Crippen molar-refractivity contribution in [1.82, 2.24) is 4.98 Å². The fourth-order valence-electron chi connectivity index (χ4n) is 2.34. The number of para-hydroxylation sites is 1. The number of anilines is 1. The third kappa shape index (κ3) is 4.16. The number of amides is 1. The minimum absolute atomic E-state index is 0.000203. The summed E-state index contributed by atoms with van der Waals surface area (Å²) in [6, 6.07) is 19.6. The highest BCUT2D eigenvalue weighted by Crippen LogP contribution is 2.27. The van der Waals surface area contributed by atoms with E-state index < -0.39 is 0 Å². The van der Waals surface area contributed by atoms with Crippen LogP contribution >= 0.6 is 27.7 Å². The molecule has 1 amide bonds. The number of thioether (sulfide) groups is 1. The molecule has 2 aromatic carbocycles. The van der Waals surface area contributed by atoms with Crippen LogP contribution in [0.15, 0.2) is 70.2 Å². The summed E-state index contributed by atoms with van der Waals surface area (Å²) in [6.07, 6.45) is 0.738. The van der Waals surface area contributed by atoms with E-state index in [0.29, 0.717) is 0 Å². The van der Waals surface area contributed by atoms with Gasteiger partial charge in [-0.25, -0.2) is 4.98 Å². The molecule has 3 rings (SSSR count). The van der Waals surface area contributed by atoms with Crippen LogP contribution in [0.1, 0.15) is 13.3 Å². The van der Waals surface area contributed by atoms with E-state index in [1.165, 1.54) is 11.8 Å². The number of benzene rings is 2. The van der Waals surface area contributed by atoms with Crippen molar-refractivity contribution in [2.45, 2.75) is 23.6 Å². The van der Waals surface area contributed by atoms with Gasteiger partial charge in [0.15, 0.2) is 0 Å². The Bertz CT molecular complexity index is 851. The van der Waals surface area contributed by atoms with E-state index in [1.54, 1.807) is 0 Å². The van der Waals surface area contributed by atoms with E-state index in [0.717, 1.165) is 32.5 Å². The molecule has 3 nitrogen and oxygen atoms in total. The van der Waals surface area contributed by atoms with Crippen molar-refractivity contribution in [3.8, 4) is 0 Å². The molecular weight excluding hydrogens is 384 g/mol. The molecular formula is C19H17BrN2OS. The predicted molar refractivity (Wildman–Crippen MR) is 104 cm³/mol. The van der Waals surface area contributed by atoms with Crippen molar-refractivity contribution in [2.24, 2.45) is 0 Å². The van der Waals surface area contributed by atoms with Gasteiger partial charge in [-0.05, 0) is 42.8 Å². The molecule has 1 N–H and O–H groups in total. The summed E-state index contributed by atoms with van der Waals surface area (Å²) in [5.41, 5.74) is 1.75. The van der Waals surface area contributed by atoms with Crippen molar-refractivity contribution in [3.63, 3.8) is 0 Å². The van der Waals surface area contributed by atoms with Crippen LogP contribution in [-0.4, -0.2) is 16.1 Å². The average Bonchev–Trinajstić information content (AvgIpc) is 2.61. The normalized spacial score (nSPS) is 12.1. The molecule has 0 aliphatic heterocycles. The molecule has 5 heteroatoms.